The first-order valence-corrected chi connectivity index (χ1v) is 8.75. The van der Waals surface area contributed by atoms with Crippen LogP contribution in [0.1, 0.15) is 42.3 Å². The van der Waals surface area contributed by atoms with Gasteiger partial charge >= 0.3 is 5.97 Å². The second-order valence-corrected chi connectivity index (χ2v) is 6.89. The molecular weight excluding hydrogens is 342 g/mol. The number of nitrogens with zero attached hydrogens (tertiary/aromatic N) is 1. The molecule has 0 saturated carbocycles. The van der Waals surface area contributed by atoms with Crippen LogP contribution < -0.4 is 5.73 Å². The summed E-state index contributed by atoms with van der Waals surface area (Å²) in [6.07, 6.45) is 1.60. The molecule has 2 aromatic carbocycles. The normalized spacial score (nSPS) is 12.0. The zero-order chi connectivity index (χ0) is 19.6. The molecule has 1 heterocycles. The van der Waals surface area contributed by atoms with Crippen LogP contribution in [0.2, 0.25) is 0 Å². The van der Waals surface area contributed by atoms with Crippen molar-refractivity contribution in [1.82, 2.24) is 4.98 Å². The number of hydrogen-bond acceptors (Lipinski definition) is 5. The number of esters is 1. The second kappa shape index (κ2) is 7.25. The fourth-order valence-electron chi connectivity index (χ4n) is 2.79. The lowest BCUT2D eigenvalue weighted by Gasteiger charge is -2.18. The van der Waals surface area contributed by atoms with Crippen LogP contribution in [0.25, 0.3) is 10.9 Å². The van der Waals surface area contributed by atoms with Gasteiger partial charge in [-0.1, -0.05) is 18.2 Å². The lowest BCUT2D eigenvalue weighted by molar-refractivity contribution is 0.0526. The Hall–Kier alpha value is -3.12. The zero-order valence-electron chi connectivity index (χ0n) is 15.6. The number of nitrogens with two attached hydrogens (primary N) is 1. The summed E-state index contributed by atoms with van der Waals surface area (Å²) < 4.78 is 5.00. The minimum absolute atomic E-state index is 0.00512. The van der Waals surface area contributed by atoms with Gasteiger partial charge in [0.25, 0.3) is 0 Å². The van der Waals surface area contributed by atoms with Crippen molar-refractivity contribution >= 4 is 28.8 Å². The molecule has 0 bridgehead atoms. The lowest BCUT2D eigenvalue weighted by Crippen LogP contribution is -2.28. The van der Waals surface area contributed by atoms with Gasteiger partial charge in [0.15, 0.2) is 5.88 Å². The second-order valence-electron chi connectivity index (χ2n) is 6.89. The van der Waals surface area contributed by atoms with Gasteiger partial charge in [0.2, 0.25) is 0 Å². The van der Waals surface area contributed by atoms with Gasteiger partial charge in [-0.2, -0.15) is 0 Å². The molecule has 27 heavy (non-hydrogen) atoms. The van der Waals surface area contributed by atoms with Crippen molar-refractivity contribution in [2.24, 2.45) is 10.7 Å². The van der Waals surface area contributed by atoms with Crippen LogP contribution in [0, 0.1) is 0 Å². The Morgan fingerprint density at radius 1 is 1.26 bits per heavy atom. The maximum absolute atomic E-state index is 11.9. The van der Waals surface area contributed by atoms with Crippen LogP contribution in [0.15, 0.2) is 47.5 Å². The van der Waals surface area contributed by atoms with E-state index < -0.39 is 11.5 Å². The first kappa shape index (κ1) is 18.7. The summed E-state index contributed by atoms with van der Waals surface area (Å²) in [5, 5.41) is 11.0. The molecule has 0 aliphatic heterocycles. The van der Waals surface area contributed by atoms with Crippen LogP contribution >= 0.6 is 0 Å². The number of carbonyl (C=O) groups excluding carboxylic acids is 1. The van der Waals surface area contributed by atoms with E-state index in [1.54, 1.807) is 31.3 Å². The van der Waals surface area contributed by atoms with Crippen molar-refractivity contribution in [3.63, 3.8) is 0 Å². The molecule has 1 aromatic heterocycles. The highest BCUT2D eigenvalue weighted by molar-refractivity contribution is 6.04. The highest BCUT2D eigenvalue weighted by Gasteiger charge is 2.14. The molecule has 6 nitrogen and oxygen atoms in total. The van der Waals surface area contributed by atoms with Crippen molar-refractivity contribution in [2.75, 3.05) is 6.61 Å². The summed E-state index contributed by atoms with van der Waals surface area (Å²) in [7, 11) is 0. The highest BCUT2D eigenvalue weighted by atomic mass is 16.5. The number of nitrogens with one attached hydrogen (secondary N) is 1. The molecule has 0 amide bonds. The Bertz CT molecular complexity index is 996. The third-order valence-electron chi connectivity index (χ3n) is 4.28. The maximum Gasteiger partial charge on any atom is 0.338 e. The number of aliphatic imine (C=N–C) groups is 1. The minimum Gasteiger partial charge on any atom is -0.494 e. The Balaban J connectivity index is 1.89. The van der Waals surface area contributed by atoms with Crippen molar-refractivity contribution in [3.05, 3.63) is 59.2 Å². The molecular formula is C21H23N3O3. The Morgan fingerprint density at radius 2 is 1.96 bits per heavy atom. The quantitative estimate of drug-likeness (QED) is 0.470. The van der Waals surface area contributed by atoms with Crippen molar-refractivity contribution < 1.29 is 14.6 Å². The molecule has 0 fully saturated rings. The van der Waals surface area contributed by atoms with Gasteiger partial charge in [0.1, 0.15) is 0 Å². The Morgan fingerprint density at radius 3 is 2.59 bits per heavy atom. The van der Waals surface area contributed by atoms with E-state index in [9.17, 15) is 9.90 Å². The van der Waals surface area contributed by atoms with E-state index in [4.69, 9.17) is 10.5 Å². The van der Waals surface area contributed by atoms with Gasteiger partial charge in [-0.3, -0.25) is 4.99 Å². The maximum atomic E-state index is 11.9. The molecule has 0 unspecified atom stereocenters. The summed E-state index contributed by atoms with van der Waals surface area (Å²) in [5.41, 5.74) is 9.06. The average molecular weight is 365 g/mol. The summed E-state index contributed by atoms with van der Waals surface area (Å²) >= 11 is 0. The number of aromatic amines is 1. The number of aromatic hydroxyl groups is 1. The van der Waals surface area contributed by atoms with Gasteiger partial charge in [0, 0.05) is 22.7 Å². The van der Waals surface area contributed by atoms with Gasteiger partial charge in [-0.15, -0.1) is 0 Å². The van der Waals surface area contributed by atoms with E-state index in [1.807, 2.05) is 38.1 Å². The molecule has 3 aromatic rings. The number of aromatic nitrogens is 1. The van der Waals surface area contributed by atoms with E-state index in [0.29, 0.717) is 23.3 Å². The molecule has 0 aliphatic carbocycles. The molecule has 0 atom stereocenters. The summed E-state index contributed by atoms with van der Waals surface area (Å²) in [4.78, 5) is 19.2. The van der Waals surface area contributed by atoms with E-state index in [0.717, 1.165) is 16.6 Å². The summed E-state index contributed by atoms with van der Waals surface area (Å²) in [5.74, 6) is -0.402. The van der Waals surface area contributed by atoms with Gasteiger partial charge in [0.05, 0.1) is 23.4 Å². The molecule has 0 radical (unpaired) electrons. The first-order chi connectivity index (χ1) is 12.8. The predicted molar refractivity (Wildman–Crippen MR) is 107 cm³/mol. The molecule has 3 rings (SSSR count). The van der Waals surface area contributed by atoms with Crippen molar-refractivity contribution in [3.8, 4) is 5.88 Å². The number of benzene rings is 2. The minimum atomic E-state index is -0.409. The van der Waals surface area contributed by atoms with Gasteiger partial charge < -0.3 is 20.6 Å². The zero-order valence-corrected chi connectivity index (χ0v) is 15.6. The van der Waals surface area contributed by atoms with Crippen LogP contribution in [-0.4, -0.2) is 28.9 Å². The monoisotopic (exact) mass is 365 g/mol. The fraction of sp³-hybridized carbons (Fsp3) is 0.238. The molecule has 0 spiro atoms. The number of rotatable bonds is 5. The first-order valence-electron chi connectivity index (χ1n) is 8.75. The molecule has 4 N–H and O–H groups in total. The summed E-state index contributed by atoms with van der Waals surface area (Å²) in [6.45, 7) is 5.96. The van der Waals surface area contributed by atoms with Crippen LogP contribution in [0.4, 0.5) is 5.69 Å². The van der Waals surface area contributed by atoms with E-state index in [-0.39, 0.29) is 5.88 Å². The number of ether oxygens (including phenoxy) is 1. The number of carbonyl (C=O) groups is 1. The lowest BCUT2D eigenvalue weighted by atomic mass is 9.96. The molecule has 0 saturated heterocycles. The molecule has 140 valence electrons. The number of H-pyrrole nitrogens is 1. The predicted octanol–water partition coefficient (Wildman–Crippen LogP) is 3.99. The van der Waals surface area contributed by atoms with Crippen LogP contribution in [0.5, 0.6) is 5.88 Å². The van der Waals surface area contributed by atoms with Crippen LogP contribution in [-0.2, 0) is 10.3 Å². The van der Waals surface area contributed by atoms with Gasteiger partial charge in [-0.05, 0) is 50.6 Å². The Labute approximate surface area is 157 Å². The highest BCUT2D eigenvalue weighted by Crippen LogP contribution is 2.28. The standard InChI is InChI=1S/C21H23N3O3/c1-4-27-20(26)13-5-10-16-17(19(25)24-18(16)11-13)12-23-15-8-6-14(7-9-15)21(2,3)22/h5-12,24-25H,4,22H2,1-3H3. The SMILES string of the molecule is CCOC(=O)c1ccc2c(C=Nc3ccc(C(C)(C)N)cc3)c(O)[nH]c2c1. The summed E-state index contributed by atoms with van der Waals surface area (Å²) in [6, 6.07) is 12.7. The molecule has 0 aliphatic rings. The molecule has 6 heteroatoms. The fourth-order valence-corrected chi connectivity index (χ4v) is 2.79. The Kier molecular flexibility index (Phi) is 5.01. The van der Waals surface area contributed by atoms with E-state index in [2.05, 4.69) is 9.98 Å². The third-order valence-corrected chi connectivity index (χ3v) is 4.28. The average Bonchev–Trinajstić information content (AvgIpc) is 2.94. The largest absolute Gasteiger partial charge is 0.494 e. The van der Waals surface area contributed by atoms with E-state index >= 15 is 0 Å². The number of hydrogen-bond donors (Lipinski definition) is 3. The smallest absolute Gasteiger partial charge is 0.338 e. The van der Waals surface area contributed by atoms with Crippen molar-refractivity contribution in [2.45, 2.75) is 26.3 Å². The van der Waals surface area contributed by atoms with E-state index in [1.165, 1.54) is 0 Å². The third kappa shape index (κ3) is 4.01. The van der Waals surface area contributed by atoms with Crippen LogP contribution in [0.3, 0.4) is 0 Å². The number of fused-ring (bicyclic) bond motifs is 1. The van der Waals surface area contributed by atoms with Crippen molar-refractivity contribution in [1.29, 1.82) is 0 Å². The van der Waals surface area contributed by atoms with Gasteiger partial charge in [-0.25, -0.2) is 4.79 Å². The topological polar surface area (TPSA) is 101 Å².